The summed E-state index contributed by atoms with van der Waals surface area (Å²) in [6.45, 7) is 2.69. The Morgan fingerprint density at radius 1 is 1.07 bits per heavy atom. The monoisotopic (exact) mass is 393 g/mol. The van der Waals surface area contributed by atoms with Crippen LogP contribution < -0.4 is 11.1 Å². The number of carbonyl (C=O) groups is 2. The second-order valence-electron chi connectivity index (χ2n) is 7.95. The summed E-state index contributed by atoms with van der Waals surface area (Å²) in [5.41, 5.74) is 8.21. The van der Waals surface area contributed by atoms with Crippen LogP contribution in [0.3, 0.4) is 0 Å². The van der Waals surface area contributed by atoms with Gasteiger partial charge in [0.25, 0.3) is 0 Å². The minimum atomic E-state index is 0. The first kappa shape index (κ1) is 21.7. The Labute approximate surface area is 168 Å². The highest BCUT2D eigenvalue weighted by atomic mass is 35.5. The van der Waals surface area contributed by atoms with Gasteiger partial charge in [-0.3, -0.25) is 9.59 Å². The average molecular weight is 394 g/mol. The Balaban J connectivity index is 0.00000261. The minimum absolute atomic E-state index is 0. The molecule has 0 unspecified atom stereocenters. The fraction of sp³-hybridized carbons (Fsp3) is 0.619. The molecule has 150 valence electrons. The molecule has 0 bridgehead atoms. The van der Waals surface area contributed by atoms with Crippen LogP contribution in [0.25, 0.3) is 0 Å². The molecule has 27 heavy (non-hydrogen) atoms. The molecule has 1 aliphatic carbocycles. The fourth-order valence-electron chi connectivity index (χ4n) is 4.21. The summed E-state index contributed by atoms with van der Waals surface area (Å²) in [7, 11) is 0. The van der Waals surface area contributed by atoms with Crippen LogP contribution in [0.1, 0.15) is 62.5 Å². The molecule has 5 nitrogen and oxygen atoms in total. The molecule has 2 fully saturated rings. The van der Waals surface area contributed by atoms with Crippen molar-refractivity contribution in [2.45, 2.75) is 64.5 Å². The van der Waals surface area contributed by atoms with Gasteiger partial charge in [0.15, 0.2) is 0 Å². The summed E-state index contributed by atoms with van der Waals surface area (Å²) in [6.07, 6.45) is 7.96. The van der Waals surface area contributed by atoms with Crippen LogP contribution in [0.4, 0.5) is 0 Å². The maximum Gasteiger partial charge on any atom is 0.222 e. The normalized spacial score (nSPS) is 18.9. The summed E-state index contributed by atoms with van der Waals surface area (Å²) in [5.74, 6) is 0.349. The van der Waals surface area contributed by atoms with Gasteiger partial charge in [0.1, 0.15) is 0 Å². The van der Waals surface area contributed by atoms with Crippen LogP contribution in [-0.2, 0) is 22.7 Å². The van der Waals surface area contributed by atoms with Gasteiger partial charge in [0.05, 0.1) is 0 Å². The number of nitrogens with one attached hydrogen (secondary N) is 1. The Kier molecular flexibility index (Phi) is 8.11. The number of hydrogen-bond acceptors (Lipinski definition) is 3. The van der Waals surface area contributed by atoms with E-state index in [0.717, 1.165) is 36.9 Å². The summed E-state index contributed by atoms with van der Waals surface area (Å²) in [5, 5.41) is 3.05. The van der Waals surface area contributed by atoms with Crippen molar-refractivity contribution in [1.82, 2.24) is 10.2 Å². The van der Waals surface area contributed by atoms with Crippen molar-refractivity contribution < 1.29 is 9.59 Å². The van der Waals surface area contributed by atoms with E-state index in [1.165, 1.54) is 19.3 Å². The van der Waals surface area contributed by atoms with Gasteiger partial charge in [0.2, 0.25) is 11.8 Å². The van der Waals surface area contributed by atoms with Crippen molar-refractivity contribution in [1.29, 1.82) is 0 Å². The number of nitrogens with zero attached hydrogens (tertiary/aromatic N) is 1. The molecule has 1 heterocycles. The van der Waals surface area contributed by atoms with Gasteiger partial charge >= 0.3 is 0 Å². The molecule has 1 aromatic rings. The maximum atomic E-state index is 12.4. The first-order chi connectivity index (χ1) is 12.6. The van der Waals surface area contributed by atoms with Crippen LogP contribution in [-0.4, -0.2) is 29.8 Å². The third-order valence-electron chi connectivity index (χ3n) is 5.94. The van der Waals surface area contributed by atoms with Crippen molar-refractivity contribution in [3.63, 3.8) is 0 Å². The van der Waals surface area contributed by atoms with Gasteiger partial charge in [-0.15, -0.1) is 12.4 Å². The smallest absolute Gasteiger partial charge is 0.222 e. The summed E-state index contributed by atoms with van der Waals surface area (Å²) < 4.78 is 0. The molecule has 0 atom stereocenters. The van der Waals surface area contributed by atoms with E-state index in [0.29, 0.717) is 32.5 Å². The molecule has 1 aromatic carbocycles. The summed E-state index contributed by atoms with van der Waals surface area (Å²) >= 11 is 0. The molecular formula is C21H32ClN3O2. The molecule has 3 rings (SSSR count). The standard InChI is InChI=1S/C21H31N3O2.ClH/c22-16-21(10-2-1-3-11-21)13-19(25)23-14-17-6-8-18(9-7-17)15-24-12-4-5-20(24)26;/h6-9H,1-5,10-16,22H2,(H,23,25);1H. The number of hydrogen-bond donors (Lipinski definition) is 2. The van der Waals surface area contributed by atoms with E-state index < -0.39 is 0 Å². The lowest BCUT2D eigenvalue weighted by atomic mass is 9.71. The molecule has 1 saturated carbocycles. The van der Waals surface area contributed by atoms with Gasteiger partial charge in [0, 0.05) is 32.5 Å². The Morgan fingerprint density at radius 2 is 1.74 bits per heavy atom. The maximum absolute atomic E-state index is 12.4. The molecule has 0 aromatic heterocycles. The van der Waals surface area contributed by atoms with Crippen molar-refractivity contribution in [2.24, 2.45) is 11.1 Å². The highest BCUT2D eigenvalue weighted by molar-refractivity contribution is 5.85. The van der Waals surface area contributed by atoms with Crippen molar-refractivity contribution in [3.8, 4) is 0 Å². The van der Waals surface area contributed by atoms with E-state index in [2.05, 4.69) is 17.4 Å². The Hall–Kier alpha value is -1.59. The second kappa shape index (κ2) is 10.1. The molecule has 2 amide bonds. The molecule has 0 radical (unpaired) electrons. The number of rotatable bonds is 7. The number of carbonyl (C=O) groups excluding carboxylic acids is 2. The van der Waals surface area contributed by atoms with Gasteiger partial charge in [-0.25, -0.2) is 0 Å². The zero-order valence-electron chi connectivity index (χ0n) is 16.0. The zero-order valence-corrected chi connectivity index (χ0v) is 16.9. The van der Waals surface area contributed by atoms with Gasteiger partial charge in [-0.1, -0.05) is 43.5 Å². The minimum Gasteiger partial charge on any atom is -0.352 e. The molecule has 1 aliphatic heterocycles. The summed E-state index contributed by atoms with van der Waals surface area (Å²) in [6, 6.07) is 8.18. The lowest BCUT2D eigenvalue weighted by Gasteiger charge is -2.35. The van der Waals surface area contributed by atoms with E-state index in [9.17, 15) is 9.59 Å². The largest absolute Gasteiger partial charge is 0.352 e. The van der Waals surface area contributed by atoms with Gasteiger partial charge < -0.3 is 16.0 Å². The third-order valence-corrected chi connectivity index (χ3v) is 5.94. The summed E-state index contributed by atoms with van der Waals surface area (Å²) in [4.78, 5) is 26.0. The molecule has 6 heteroatoms. The van der Waals surface area contributed by atoms with Crippen molar-refractivity contribution in [3.05, 3.63) is 35.4 Å². The van der Waals surface area contributed by atoms with Crippen LogP contribution in [0.5, 0.6) is 0 Å². The van der Waals surface area contributed by atoms with E-state index in [1.807, 2.05) is 17.0 Å². The first-order valence-electron chi connectivity index (χ1n) is 9.93. The highest BCUT2D eigenvalue weighted by Gasteiger charge is 2.32. The predicted octanol–water partition coefficient (Wildman–Crippen LogP) is 3.15. The Bertz CT molecular complexity index is 627. The van der Waals surface area contributed by atoms with Crippen molar-refractivity contribution in [2.75, 3.05) is 13.1 Å². The molecule has 2 aliphatic rings. The number of benzene rings is 1. The van der Waals surface area contributed by atoms with E-state index in [1.54, 1.807) is 0 Å². The van der Waals surface area contributed by atoms with Crippen LogP contribution in [0.2, 0.25) is 0 Å². The number of likely N-dealkylation sites (tertiary alicyclic amines) is 1. The number of halogens is 1. The molecule has 1 saturated heterocycles. The third kappa shape index (κ3) is 5.94. The first-order valence-corrected chi connectivity index (χ1v) is 9.93. The van der Waals surface area contributed by atoms with E-state index in [4.69, 9.17) is 5.73 Å². The highest BCUT2D eigenvalue weighted by Crippen LogP contribution is 2.38. The lowest BCUT2D eigenvalue weighted by molar-refractivity contribution is -0.128. The predicted molar refractivity (Wildman–Crippen MR) is 109 cm³/mol. The van der Waals surface area contributed by atoms with Gasteiger partial charge in [-0.2, -0.15) is 0 Å². The molecular weight excluding hydrogens is 362 g/mol. The molecule has 3 N–H and O–H groups in total. The fourth-order valence-corrected chi connectivity index (χ4v) is 4.21. The van der Waals surface area contributed by atoms with Crippen LogP contribution in [0, 0.1) is 5.41 Å². The number of amides is 2. The van der Waals surface area contributed by atoms with E-state index in [-0.39, 0.29) is 29.6 Å². The molecule has 0 spiro atoms. The topological polar surface area (TPSA) is 75.4 Å². The van der Waals surface area contributed by atoms with Crippen LogP contribution in [0.15, 0.2) is 24.3 Å². The SMILES string of the molecule is Cl.NCC1(CC(=O)NCc2ccc(CN3CCCC3=O)cc2)CCCCC1. The van der Waals surface area contributed by atoms with Gasteiger partial charge in [-0.05, 0) is 42.3 Å². The average Bonchev–Trinajstić information content (AvgIpc) is 3.06. The number of nitrogens with two attached hydrogens (primary N) is 1. The Morgan fingerprint density at radius 3 is 2.33 bits per heavy atom. The lowest BCUT2D eigenvalue weighted by Crippen LogP contribution is -2.38. The zero-order chi connectivity index (χ0) is 18.4. The van der Waals surface area contributed by atoms with Crippen LogP contribution >= 0.6 is 12.4 Å². The van der Waals surface area contributed by atoms with E-state index >= 15 is 0 Å². The van der Waals surface area contributed by atoms with Crippen molar-refractivity contribution >= 4 is 24.2 Å². The second-order valence-corrected chi connectivity index (χ2v) is 7.95. The quantitative estimate of drug-likeness (QED) is 0.747.